The predicted molar refractivity (Wildman–Crippen MR) is 135 cm³/mol. The van der Waals surface area contributed by atoms with Crippen molar-refractivity contribution in [2.75, 3.05) is 11.9 Å². The quantitative estimate of drug-likeness (QED) is 0.230. The van der Waals surface area contributed by atoms with Gasteiger partial charge in [0.05, 0.1) is 23.4 Å². The molecule has 0 fully saturated rings. The van der Waals surface area contributed by atoms with Crippen LogP contribution in [0.25, 0.3) is 10.2 Å². The van der Waals surface area contributed by atoms with E-state index in [-0.39, 0.29) is 12.5 Å². The Labute approximate surface area is 205 Å². The zero-order valence-corrected chi connectivity index (χ0v) is 20.6. The van der Waals surface area contributed by atoms with Gasteiger partial charge in [-0.1, -0.05) is 30.3 Å². The minimum Gasteiger partial charge on any atom is -0.462 e. The fraction of sp³-hybridized carbons (Fsp3) is 0.200. The number of rotatable bonds is 8. The van der Waals surface area contributed by atoms with E-state index in [2.05, 4.69) is 5.32 Å². The largest absolute Gasteiger partial charge is 0.462 e. The van der Waals surface area contributed by atoms with Crippen LogP contribution in [0.15, 0.2) is 59.5 Å². The topological polar surface area (TPSA) is 90.4 Å². The summed E-state index contributed by atoms with van der Waals surface area (Å²) in [5.41, 5.74) is 1.23. The van der Waals surface area contributed by atoms with E-state index in [1.807, 2.05) is 49.4 Å². The van der Waals surface area contributed by atoms with Crippen molar-refractivity contribution in [3.63, 3.8) is 0 Å². The highest BCUT2D eigenvalue weighted by molar-refractivity contribution is 7.98. The lowest BCUT2D eigenvalue weighted by molar-refractivity contribution is -0.114. The molecule has 0 saturated heterocycles. The molecule has 1 N–H and O–H groups in total. The summed E-state index contributed by atoms with van der Waals surface area (Å²) in [5.74, 6) is 1.27. The van der Waals surface area contributed by atoms with Gasteiger partial charge in [0.1, 0.15) is 15.5 Å². The first-order valence-electron chi connectivity index (χ1n) is 10.7. The zero-order chi connectivity index (χ0) is 24.1. The lowest BCUT2D eigenvalue weighted by atomic mass is 10.2. The van der Waals surface area contributed by atoms with E-state index < -0.39 is 5.97 Å². The van der Waals surface area contributed by atoms with Crippen molar-refractivity contribution in [1.29, 1.82) is 0 Å². The van der Waals surface area contributed by atoms with Crippen LogP contribution < -0.4 is 10.1 Å². The Kier molecular flexibility index (Phi) is 7.44. The first-order chi connectivity index (χ1) is 16.5. The molecular formula is C25H23N3O4S2. The lowest BCUT2D eigenvalue weighted by Gasteiger charge is -2.12. The number of anilines is 1. The Morgan fingerprint density at radius 1 is 1.06 bits per heavy atom. The number of aryl methyl sites for hydroxylation is 1. The summed E-state index contributed by atoms with van der Waals surface area (Å²) >= 11 is 2.87. The fourth-order valence-corrected chi connectivity index (χ4v) is 5.15. The van der Waals surface area contributed by atoms with Crippen LogP contribution in [0.5, 0.6) is 11.6 Å². The van der Waals surface area contributed by atoms with Crippen molar-refractivity contribution in [2.24, 2.45) is 0 Å². The zero-order valence-electron chi connectivity index (χ0n) is 19.0. The number of nitrogens with zero attached hydrogens (tertiary/aromatic N) is 2. The maximum Gasteiger partial charge on any atom is 0.348 e. The molecule has 2 aromatic heterocycles. The summed E-state index contributed by atoms with van der Waals surface area (Å²) in [6.45, 7) is 5.32. The second-order valence-electron chi connectivity index (χ2n) is 7.28. The number of fused-ring (bicyclic) bond motifs is 1. The van der Waals surface area contributed by atoms with Crippen LogP contribution in [-0.4, -0.2) is 28.5 Å². The molecule has 9 heteroatoms. The molecular weight excluding hydrogens is 470 g/mol. The van der Waals surface area contributed by atoms with Crippen molar-refractivity contribution >= 4 is 50.9 Å². The van der Waals surface area contributed by atoms with Crippen LogP contribution in [0.4, 0.5) is 5.69 Å². The van der Waals surface area contributed by atoms with E-state index in [1.54, 1.807) is 30.8 Å². The molecule has 4 rings (SSSR count). The number of para-hydroxylation sites is 2. The third-order valence-corrected chi connectivity index (χ3v) is 6.95. The smallest absolute Gasteiger partial charge is 0.348 e. The monoisotopic (exact) mass is 493 g/mol. The van der Waals surface area contributed by atoms with E-state index in [9.17, 15) is 9.59 Å². The number of benzene rings is 2. The minimum atomic E-state index is -0.396. The second-order valence-corrected chi connectivity index (χ2v) is 9.33. The van der Waals surface area contributed by atoms with Crippen molar-refractivity contribution in [2.45, 2.75) is 31.4 Å². The van der Waals surface area contributed by atoms with Crippen LogP contribution in [0.3, 0.4) is 0 Å². The SMILES string of the molecule is CCOC(=O)c1sc2nc(CSc3ccccc3)nc(Oc3ccccc3NC(C)=O)c2c1C. The van der Waals surface area contributed by atoms with Crippen molar-refractivity contribution in [1.82, 2.24) is 9.97 Å². The Hall–Kier alpha value is -3.43. The molecule has 7 nitrogen and oxygen atoms in total. The molecule has 0 spiro atoms. The third kappa shape index (κ3) is 5.37. The maximum atomic E-state index is 12.5. The summed E-state index contributed by atoms with van der Waals surface area (Å²) in [6.07, 6.45) is 0. The Balaban J connectivity index is 1.77. The highest BCUT2D eigenvalue weighted by atomic mass is 32.2. The molecule has 1 amide bonds. The number of nitrogens with one attached hydrogen (secondary N) is 1. The standard InChI is InChI=1S/C25H23N3O4S2/c1-4-31-25(30)22-15(2)21-23(32-19-13-9-8-12-18(19)26-16(3)29)27-20(28-24(21)34-22)14-33-17-10-6-5-7-11-17/h5-13H,4,14H2,1-3H3,(H,26,29). The van der Waals surface area contributed by atoms with Crippen LogP contribution in [0.2, 0.25) is 0 Å². The number of hydrogen-bond donors (Lipinski definition) is 1. The number of carbonyl (C=O) groups is 2. The van der Waals surface area contributed by atoms with Gasteiger partial charge >= 0.3 is 5.97 Å². The minimum absolute atomic E-state index is 0.208. The average Bonchev–Trinajstić information content (AvgIpc) is 3.16. The normalized spacial score (nSPS) is 10.8. The predicted octanol–water partition coefficient (Wildman–Crippen LogP) is 6.22. The molecule has 4 aromatic rings. The van der Waals surface area contributed by atoms with Gasteiger partial charge in [-0.25, -0.2) is 9.78 Å². The van der Waals surface area contributed by atoms with Gasteiger partial charge in [0.25, 0.3) is 0 Å². The van der Waals surface area contributed by atoms with Gasteiger partial charge in [-0.3, -0.25) is 4.79 Å². The molecule has 0 aliphatic carbocycles. The number of amides is 1. The van der Waals surface area contributed by atoms with Crippen molar-refractivity contribution in [3.05, 3.63) is 70.9 Å². The summed E-state index contributed by atoms with van der Waals surface area (Å²) in [5, 5.41) is 3.43. The molecule has 0 aliphatic rings. The number of ether oxygens (including phenoxy) is 2. The number of thioether (sulfide) groups is 1. The average molecular weight is 494 g/mol. The van der Waals surface area contributed by atoms with Crippen molar-refractivity contribution in [3.8, 4) is 11.6 Å². The Morgan fingerprint density at radius 2 is 1.79 bits per heavy atom. The first-order valence-corrected chi connectivity index (χ1v) is 12.5. The van der Waals surface area contributed by atoms with Gasteiger partial charge < -0.3 is 14.8 Å². The van der Waals surface area contributed by atoms with E-state index in [0.29, 0.717) is 49.6 Å². The summed E-state index contributed by atoms with van der Waals surface area (Å²) < 4.78 is 11.5. The molecule has 0 radical (unpaired) electrons. The highest BCUT2D eigenvalue weighted by Crippen LogP contribution is 2.39. The molecule has 0 atom stereocenters. The van der Waals surface area contributed by atoms with Gasteiger partial charge in [0.15, 0.2) is 5.75 Å². The Bertz CT molecular complexity index is 1340. The lowest BCUT2D eigenvalue weighted by Crippen LogP contribution is -2.07. The van der Waals surface area contributed by atoms with Gasteiger partial charge in [0, 0.05) is 11.8 Å². The van der Waals surface area contributed by atoms with E-state index in [4.69, 9.17) is 19.4 Å². The van der Waals surface area contributed by atoms with Gasteiger partial charge in [-0.15, -0.1) is 23.1 Å². The van der Waals surface area contributed by atoms with Crippen LogP contribution in [0.1, 0.15) is 34.9 Å². The number of esters is 1. The number of aromatic nitrogens is 2. The summed E-state index contributed by atoms with van der Waals surface area (Å²) in [6, 6.07) is 17.1. The fourth-order valence-electron chi connectivity index (χ4n) is 3.29. The second kappa shape index (κ2) is 10.7. The molecule has 174 valence electrons. The molecule has 0 saturated carbocycles. The highest BCUT2D eigenvalue weighted by Gasteiger charge is 2.23. The van der Waals surface area contributed by atoms with Crippen molar-refractivity contribution < 1.29 is 19.1 Å². The van der Waals surface area contributed by atoms with E-state index in [0.717, 1.165) is 4.90 Å². The number of carbonyl (C=O) groups excluding carboxylic acids is 2. The molecule has 2 aromatic carbocycles. The maximum absolute atomic E-state index is 12.5. The summed E-state index contributed by atoms with van der Waals surface area (Å²) in [4.78, 5) is 35.8. The molecule has 0 aliphatic heterocycles. The summed E-state index contributed by atoms with van der Waals surface area (Å²) in [7, 11) is 0. The van der Waals surface area contributed by atoms with Crippen LogP contribution in [-0.2, 0) is 15.3 Å². The Morgan fingerprint density at radius 3 is 2.53 bits per heavy atom. The van der Waals surface area contributed by atoms with Gasteiger partial charge in [-0.2, -0.15) is 4.98 Å². The number of thiophene rings is 1. The van der Waals surface area contributed by atoms with Crippen LogP contribution >= 0.6 is 23.1 Å². The molecule has 0 bridgehead atoms. The number of hydrogen-bond acceptors (Lipinski definition) is 8. The van der Waals surface area contributed by atoms with E-state index in [1.165, 1.54) is 18.3 Å². The first kappa shape index (κ1) is 23.7. The van der Waals surface area contributed by atoms with Gasteiger partial charge in [-0.05, 0) is 43.7 Å². The van der Waals surface area contributed by atoms with E-state index >= 15 is 0 Å². The van der Waals surface area contributed by atoms with Crippen LogP contribution in [0, 0.1) is 6.92 Å². The molecule has 0 unspecified atom stereocenters. The molecule has 2 heterocycles. The molecule has 34 heavy (non-hydrogen) atoms. The van der Waals surface area contributed by atoms with Gasteiger partial charge in [0.2, 0.25) is 11.8 Å². The third-order valence-electron chi connectivity index (χ3n) is 4.78.